The molecule has 1 rings (SSSR count). The molecule has 0 aliphatic carbocycles. The number of hydrogen-bond acceptors (Lipinski definition) is 4. The van der Waals surface area contributed by atoms with E-state index in [1.54, 1.807) is 0 Å². The zero-order valence-electron chi connectivity index (χ0n) is 6.87. The van der Waals surface area contributed by atoms with Crippen LogP contribution in [0, 0.1) is 0 Å². The SMILES string of the molecule is COC(=O)c1cc(O)c(N)cc1Cl. The molecule has 0 aromatic heterocycles. The Balaban J connectivity index is 3.23. The molecule has 0 aliphatic heterocycles. The number of nitrogens with two attached hydrogens (primary N) is 1. The molecule has 0 heterocycles. The van der Waals surface area contributed by atoms with E-state index in [0.717, 1.165) is 0 Å². The molecular weight excluding hydrogens is 194 g/mol. The van der Waals surface area contributed by atoms with Crippen molar-refractivity contribution < 1.29 is 14.6 Å². The zero-order valence-corrected chi connectivity index (χ0v) is 7.63. The molecule has 1 aromatic rings. The van der Waals surface area contributed by atoms with Gasteiger partial charge in [0.15, 0.2) is 0 Å². The average Bonchev–Trinajstić information content (AvgIpc) is 2.10. The van der Waals surface area contributed by atoms with Gasteiger partial charge >= 0.3 is 5.97 Å². The van der Waals surface area contributed by atoms with Crippen molar-refractivity contribution in [2.75, 3.05) is 12.8 Å². The van der Waals surface area contributed by atoms with Crippen molar-refractivity contribution in [2.45, 2.75) is 0 Å². The van der Waals surface area contributed by atoms with Crippen LogP contribution < -0.4 is 5.73 Å². The Morgan fingerprint density at radius 1 is 1.62 bits per heavy atom. The number of hydrogen-bond donors (Lipinski definition) is 2. The lowest BCUT2D eigenvalue weighted by Gasteiger charge is -2.04. The largest absolute Gasteiger partial charge is 0.506 e. The lowest BCUT2D eigenvalue weighted by molar-refractivity contribution is 0.0600. The molecule has 1 aromatic carbocycles. The number of carbonyl (C=O) groups excluding carboxylic acids is 1. The number of methoxy groups -OCH3 is 1. The van der Waals surface area contributed by atoms with Crippen molar-refractivity contribution in [2.24, 2.45) is 0 Å². The summed E-state index contributed by atoms with van der Waals surface area (Å²) < 4.78 is 4.44. The highest BCUT2D eigenvalue weighted by Crippen LogP contribution is 2.28. The van der Waals surface area contributed by atoms with Crippen LogP contribution in [0.3, 0.4) is 0 Å². The highest BCUT2D eigenvalue weighted by Gasteiger charge is 2.13. The summed E-state index contributed by atoms with van der Waals surface area (Å²) in [4.78, 5) is 11.0. The quantitative estimate of drug-likeness (QED) is 0.409. The minimum Gasteiger partial charge on any atom is -0.506 e. The molecule has 0 amide bonds. The Labute approximate surface area is 79.9 Å². The lowest BCUT2D eigenvalue weighted by Crippen LogP contribution is -2.02. The molecule has 0 fully saturated rings. The first-order valence-electron chi connectivity index (χ1n) is 3.42. The summed E-state index contributed by atoms with van der Waals surface area (Å²) in [5, 5.41) is 9.33. The normalized spacial score (nSPS) is 9.69. The Hall–Kier alpha value is -1.42. The molecule has 3 N–H and O–H groups in total. The van der Waals surface area contributed by atoms with Gasteiger partial charge in [0.05, 0.1) is 23.4 Å². The molecule has 5 heteroatoms. The molecular formula is C8H8ClNO3. The summed E-state index contributed by atoms with van der Waals surface area (Å²) in [7, 11) is 1.23. The Bertz CT molecular complexity index is 351. The summed E-state index contributed by atoms with van der Waals surface area (Å²) >= 11 is 5.68. The van der Waals surface area contributed by atoms with E-state index < -0.39 is 5.97 Å². The van der Waals surface area contributed by atoms with E-state index in [1.165, 1.54) is 19.2 Å². The minimum absolute atomic E-state index is 0.0934. The van der Waals surface area contributed by atoms with E-state index in [1.807, 2.05) is 0 Å². The van der Waals surface area contributed by atoms with E-state index >= 15 is 0 Å². The fraction of sp³-hybridized carbons (Fsp3) is 0.125. The Morgan fingerprint density at radius 3 is 2.77 bits per heavy atom. The van der Waals surface area contributed by atoms with Gasteiger partial charge in [-0.25, -0.2) is 4.79 Å². The summed E-state index contributed by atoms with van der Waals surface area (Å²) in [6.07, 6.45) is 0. The second kappa shape index (κ2) is 3.53. The number of phenolic OH excluding ortho intramolecular Hbond substituents is 1. The van der Waals surface area contributed by atoms with Gasteiger partial charge in [0, 0.05) is 0 Å². The van der Waals surface area contributed by atoms with E-state index in [-0.39, 0.29) is 22.0 Å². The number of carbonyl (C=O) groups is 1. The molecule has 0 saturated heterocycles. The molecule has 0 spiro atoms. The van der Waals surface area contributed by atoms with Crippen molar-refractivity contribution in [1.29, 1.82) is 0 Å². The molecule has 0 atom stereocenters. The number of ether oxygens (including phenoxy) is 1. The fourth-order valence-electron chi connectivity index (χ4n) is 0.844. The van der Waals surface area contributed by atoms with Gasteiger partial charge in [-0.3, -0.25) is 0 Å². The smallest absolute Gasteiger partial charge is 0.339 e. The number of rotatable bonds is 1. The van der Waals surface area contributed by atoms with Gasteiger partial charge in [-0.05, 0) is 12.1 Å². The van der Waals surface area contributed by atoms with Gasteiger partial charge in [-0.2, -0.15) is 0 Å². The topological polar surface area (TPSA) is 72.5 Å². The summed E-state index contributed by atoms with van der Waals surface area (Å²) in [5.41, 5.74) is 5.56. The van der Waals surface area contributed by atoms with Crippen LogP contribution in [0.15, 0.2) is 12.1 Å². The van der Waals surface area contributed by atoms with Crippen LogP contribution in [-0.2, 0) is 4.74 Å². The first-order chi connectivity index (χ1) is 6.06. The summed E-state index contributed by atoms with van der Waals surface area (Å²) in [5.74, 6) is -0.801. The number of halogens is 1. The van der Waals surface area contributed by atoms with Crippen LogP contribution in [0.4, 0.5) is 5.69 Å². The molecule has 0 saturated carbocycles. The maximum Gasteiger partial charge on any atom is 0.339 e. The van der Waals surface area contributed by atoms with Gasteiger partial charge in [-0.1, -0.05) is 11.6 Å². The standard InChI is InChI=1S/C8H8ClNO3/c1-13-8(12)4-2-7(11)6(10)3-5(4)9/h2-3,11H,10H2,1H3. The first kappa shape index (κ1) is 9.67. The van der Waals surface area contributed by atoms with Gasteiger partial charge in [-0.15, -0.1) is 0 Å². The highest BCUT2D eigenvalue weighted by molar-refractivity contribution is 6.34. The third-order valence-electron chi connectivity index (χ3n) is 1.52. The van der Waals surface area contributed by atoms with Crippen molar-refractivity contribution in [3.63, 3.8) is 0 Å². The second-order valence-electron chi connectivity index (χ2n) is 2.38. The van der Waals surface area contributed by atoms with Crippen molar-refractivity contribution in [1.82, 2.24) is 0 Å². The number of phenols is 1. The molecule has 70 valence electrons. The molecule has 13 heavy (non-hydrogen) atoms. The third-order valence-corrected chi connectivity index (χ3v) is 1.83. The minimum atomic E-state index is -0.611. The maximum absolute atomic E-state index is 11.0. The fourth-order valence-corrected chi connectivity index (χ4v) is 1.09. The van der Waals surface area contributed by atoms with Crippen molar-refractivity contribution >= 4 is 23.3 Å². The van der Waals surface area contributed by atoms with Crippen LogP contribution in [0.5, 0.6) is 5.75 Å². The van der Waals surface area contributed by atoms with E-state index in [0.29, 0.717) is 0 Å². The van der Waals surface area contributed by atoms with Gasteiger partial charge in [0.25, 0.3) is 0 Å². The van der Waals surface area contributed by atoms with Crippen LogP contribution >= 0.6 is 11.6 Å². The summed E-state index contributed by atoms with van der Waals surface area (Å²) in [6, 6.07) is 2.46. The third kappa shape index (κ3) is 1.84. The number of esters is 1. The molecule has 0 bridgehead atoms. The molecule has 4 nitrogen and oxygen atoms in total. The van der Waals surface area contributed by atoms with Crippen LogP contribution in [0.2, 0.25) is 5.02 Å². The number of benzene rings is 1. The molecule has 0 unspecified atom stereocenters. The zero-order chi connectivity index (χ0) is 10.0. The van der Waals surface area contributed by atoms with Crippen LogP contribution in [0.1, 0.15) is 10.4 Å². The summed E-state index contributed by atoms with van der Waals surface area (Å²) in [6.45, 7) is 0. The predicted molar refractivity (Wildman–Crippen MR) is 48.9 cm³/mol. The van der Waals surface area contributed by atoms with Gasteiger partial charge in [0.2, 0.25) is 0 Å². The Morgan fingerprint density at radius 2 is 2.23 bits per heavy atom. The monoisotopic (exact) mass is 201 g/mol. The number of aromatic hydroxyl groups is 1. The van der Waals surface area contributed by atoms with Gasteiger partial charge in [0.1, 0.15) is 5.75 Å². The molecule has 0 radical (unpaired) electrons. The van der Waals surface area contributed by atoms with E-state index in [2.05, 4.69) is 4.74 Å². The Kier molecular flexibility index (Phi) is 2.63. The van der Waals surface area contributed by atoms with Crippen LogP contribution in [-0.4, -0.2) is 18.2 Å². The first-order valence-corrected chi connectivity index (χ1v) is 3.80. The van der Waals surface area contributed by atoms with Crippen LogP contribution in [0.25, 0.3) is 0 Å². The lowest BCUT2D eigenvalue weighted by atomic mass is 10.2. The maximum atomic E-state index is 11.0. The van der Waals surface area contributed by atoms with Gasteiger partial charge < -0.3 is 15.6 Å². The van der Waals surface area contributed by atoms with Crippen molar-refractivity contribution in [3.8, 4) is 5.75 Å². The average molecular weight is 202 g/mol. The predicted octanol–water partition coefficient (Wildman–Crippen LogP) is 1.41. The second-order valence-corrected chi connectivity index (χ2v) is 2.79. The highest BCUT2D eigenvalue weighted by atomic mass is 35.5. The van der Waals surface area contributed by atoms with E-state index in [4.69, 9.17) is 17.3 Å². The molecule has 0 aliphatic rings. The van der Waals surface area contributed by atoms with E-state index in [9.17, 15) is 9.90 Å². The van der Waals surface area contributed by atoms with Crippen molar-refractivity contribution in [3.05, 3.63) is 22.7 Å². The number of nitrogen functional groups attached to an aromatic ring is 1. The number of anilines is 1.